The van der Waals surface area contributed by atoms with E-state index in [1.54, 1.807) is 20.8 Å². The summed E-state index contributed by atoms with van der Waals surface area (Å²) in [6, 6.07) is -0.650. The Labute approximate surface area is 125 Å². The molecule has 21 heavy (non-hydrogen) atoms. The molecule has 0 radical (unpaired) electrons. The number of hydrogen-bond acceptors (Lipinski definition) is 5. The zero-order valence-electron chi connectivity index (χ0n) is 13.1. The molecule has 0 spiro atoms. The third-order valence-electron chi connectivity index (χ3n) is 1.98. The van der Waals surface area contributed by atoms with Crippen LogP contribution in [-0.4, -0.2) is 42.8 Å². The van der Waals surface area contributed by atoms with Crippen molar-refractivity contribution in [1.29, 1.82) is 0 Å². The monoisotopic (exact) mass is 300 g/mol. The molecule has 0 bridgehead atoms. The smallest absolute Gasteiger partial charge is 0.331 e. The SMILES string of the molecule is CC(C)NC(=O)N[C@H](C)COC(=O)/C=C/C(=O)OC(C)C. The molecule has 0 aromatic rings. The number of hydrogen-bond donors (Lipinski definition) is 2. The Morgan fingerprint density at radius 2 is 1.52 bits per heavy atom. The molecule has 0 fully saturated rings. The lowest BCUT2D eigenvalue weighted by Gasteiger charge is -2.15. The van der Waals surface area contributed by atoms with Gasteiger partial charge in [0.15, 0.2) is 0 Å². The Balaban J connectivity index is 3.99. The molecule has 0 rings (SSSR count). The van der Waals surface area contributed by atoms with Gasteiger partial charge in [0.25, 0.3) is 0 Å². The average molecular weight is 300 g/mol. The van der Waals surface area contributed by atoms with E-state index in [4.69, 9.17) is 9.47 Å². The average Bonchev–Trinajstić information content (AvgIpc) is 2.31. The second-order valence-corrected chi connectivity index (χ2v) is 5.12. The molecule has 7 nitrogen and oxygen atoms in total. The molecular formula is C14H24N2O5. The summed E-state index contributed by atoms with van der Waals surface area (Å²) in [6.45, 7) is 8.80. The standard InChI is InChI=1S/C14H24N2O5/c1-9(2)15-14(19)16-11(5)8-20-12(17)6-7-13(18)21-10(3)4/h6-7,9-11H,8H2,1-5H3,(H2,15,16,19)/b7-6+/t11-/m1/s1. The number of esters is 2. The first-order valence-electron chi connectivity index (χ1n) is 6.83. The molecule has 0 saturated heterocycles. The molecule has 0 unspecified atom stereocenters. The summed E-state index contributed by atoms with van der Waals surface area (Å²) >= 11 is 0. The first kappa shape index (κ1) is 18.9. The van der Waals surface area contributed by atoms with Gasteiger partial charge >= 0.3 is 18.0 Å². The fourth-order valence-corrected chi connectivity index (χ4v) is 1.23. The maximum atomic E-state index is 11.4. The van der Waals surface area contributed by atoms with Gasteiger partial charge in [-0.3, -0.25) is 0 Å². The van der Waals surface area contributed by atoms with Crippen molar-refractivity contribution in [2.75, 3.05) is 6.61 Å². The van der Waals surface area contributed by atoms with E-state index < -0.39 is 11.9 Å². The van der Waals surface area contributed by atoms with E-state index in [0.717, 1.165) is 12.2 Å². The maximum absolute atomic E-state index is 11.4. The van der Waals surface area contributed by atoms with Gasteiger partial charge in [-0.15, -0.1) is 0 Å². The van der Waals surface area contributed by atoms with Crippen molar-refractivity contribution >= 4 is 18.0 Å². The molecule has 0 saturated carbocycles. The molecule has 2 amide bonds. The highest BCUT2D eigenvalue weighted by Gasteiger charge is 2.10. The lowest BCUT2D eigenvalue weighted by Crippen LogP contribution is -2.45. The molecular weight excluding hydrogens is 276 g/mol. The second-order valence-electron chi connectivity index (χ2n) is 5.12. The number of amides is 2. The van der Waals surface area contributed by atoms with Gasteiger partial charge in [-0.05, 0) is 34.6 Å². The van der Waals surface area contributed by atoms with Crippen molar-refractivity contribution in [3.8, 4) is 0 Å². The summed E-state index contributed by atoms with van der Waals surface area (Å²) in [5.41, 5.74) is 0. The van der Waals surface area contributed by atoms with Gasteiger partial charge in [0, 0.05) is 18.2 Å². The maximum Gasteiger partial charge on any atom is 0.331 e. The molecule has 1 atom stereocenters. The zero-order chi connectivity index (χ0) is 16.4. The molecule has 0 aliphatic carbocycles. The fourth-order valence-electron chi connectivity index (χ4n) is 1.23. The molecule has 0 aromatic carbocycles. The number of urea groups is 1. The highest BCUT2D eigenvalue weighted by Crippen LogP contribution is 1.92. The van der Waals surface area contributed by atoms with Crippen molar-refractivity contribution < 1.29 is 23.9 Å². The van der Waals surface area contributed by atoms with Gasteiger partial charge in [-0.2, -0.15) is 0 Å². The van der Waals surface area contributed by atoms with Crippen LogP contribution in [-0.2, 0) is 19.1 Å². The van der Waals surface area contributed by atoms with Gasteiger partial charge in [0.2, 0.25) is 0 Å². The van der Waals surface area contributed by atoms with Crippen LogP contribution in [0.15, 0.2) is 12.2 Å². The van der Waals surface area contributed by atoms with Gasteiger partial charge in [-0.1, -0.05) is 0 Å². The van der Waals surface area contributed by atoms with Crippen LogP contribution in [0.4, 0.5) is 4.79 Å². The lowest BCUT2D eigenvalue weighted by molar-refractivity contribution is -0.143. The Hall–Kier alpha value is -2.05. The van der Waals surface area contributed by atoms with Crippen LogP contribution in [0.25, 0.3) is 0 Å². The number of ether oxygens (including phenoxy) is 2. The van der Waals surface area contributed by atoms with Gasteiger partial charge in [-0.25, -0.2) is 14.4 Å². The van der Waals surface area contributed by atoms with Crippen LogP contribution in [0, 0.1) is 0 Å². The summed E-state index contributed by atoms with van der Waals surface area (Å²) in [5, 5.41) is 5.27. The molecule has 0 aliphatic rings. The molecule has 0 heterocycles. The normalized spacial score (nSPS) is 12.3. The summed E-state index contributed by atoms with van der Waals surface area (Å²) in [5.74, 6) is -1.28. The van der Waals surface area contributed by atoms with E-state index in [1.165, 1.54) is 0 Å². The van der Waals surface area contributed by atoms with Crippen LogP contribution < -0.4 is 10.6 Å². The zero-order valence-corrected chi connectivity index (χ0v) is 13.1. The third kappa shape index (κ3) is 11.5. The largest absolute Gasteiger partial charge is 0.460 e. The van der Waals surface area contributed by atoms with E-state index in [2.05, 4.69) is 10.6 Å². The predicted octanol–water partition coefficient (Wildman–Crippen LogP) is 1.13. The van der Waals surface area contributed by atoms with Crippen LogP contribution in [0.1, 0.15) is 34.6 Å². The number of carbonyl (C=O) groups is 3. The molecule has 0 aliphatic heterocycles. The van der Waals surface area contributed by atoms with Gasteiger partial charge < -0.3 is 20.1 Å². The first-order chi connectivity index (χ1) is 9.70. The fraction of sp³-hybridized carbons (Fsp3) is 0.643. The van der Waals surface area contributed by atoms with Crippen LogP contribution in [0.5, 0.6) is 0 Å². The van der Waals surface area contributed by atoms with Gasteiger partial charge in [0.05, 0.1) is 12.1 Å². The highest BCUT2D eigenvalue weighted by molar-refractivity contribution is 5.91. The van der Waals surface area contributed by atoms with Crippen LogP contribution >= 0.6 is 0 Å². The lowest BCUT2D eigenvalue weighted by atomic mass is 10.3. The molecule has 2 N–H and O–H groups in total. The minimum atomic E-state index is -0.673. The van der Waals surface area contributed by atoms with Crippen molar-refractivity contribution in [2.24, 2.45) is 0 Å². The minimum Gasteiger partial charge on any atom is -0.460 e. The highest BCUT2D eigenvalue weighted by atomic mass is 16.5. The summed E-state index contributed by atoms with van der Waals surface area (Å²) in [7, 11) is 0. The van der Waals surface area contributed by atoms with E-state index in [-0.39, 0.29) is 30.8 Å². The van der Waals surface area contributed by atoms with Crippen molar-refractivity contribution in [1.82, 2.24) is 10.6 Å². The summed E-state index contributed by atoms with van der Waals surface area (Å²) in [4.78, 5) is 33.9. The number of nitrogens with one attached hydrogen (secondary N) is 2. The molecule has 120 valence electrons. The van der Waals surface area contributed by atoms with E-state index in [1.807, 2.05) is 13.8 Å². The van der Waals surface area contributed by atoms with Gasteiger partial charge in [0.1, 0.15) is 6.61 Å². The Morgan fingerprint density at radius 1 is 0.952 bits per heavy atom. The van der Waals surface area contributed by atoms with E-state index >= 15 is 0 Å². The summed E-state index contributed by atoms with van der Waals surface area (Å²) < 4.78 is 9.71. The minimum absolute atomic E-state index is 0.00785. The molecule has 7 heteroatoms. The van der Waals surface area contributed by atoms with E-state index in [0.29, 0.717) is 0 Å². The third-order valence-corrected chi connectivity index (χ3v) is 1.98. The second kappa shape index (κ2) is 9.79. The Kier molecular flexibility index (Phi) is 8.84. The van der Waals surface area contributed by atoms with E-state index in [9.17, 15) is 14.4 Å². The first-order valence-corrected chi connectivity index (χ1v) is 6.83. The predicted molar refractivity (Wildman–Crippen MR) is 77.6 cm³/mol. The molecule has 0 aromatic heterocycles. The topological polar surface area (TPSA) is 93.7 Å². The van der Waals surface area contributed by atoms with Crippen molar-refractivity contribution in [3.63, 3.8) is 0 Å². The summed E-state index contributed by atoms with van der Waals surface area (Å²) in [6.07, 6.45) is 1.75. The number of rotatable bonds is 7. The Morgan fingerprint density at radius 3 is 2.05 bits per heavy atom. The van der Waals surface area contributed by atoms with Crippen molar-refractivity contribution in [3.05, 3.63) is 12.2 Å². The Bertz CT molecular complexity index is 391. The van der Waals surface area contributed by atoms with Crippen molar-refractivity contribution in [2.45, 2.75) is 52.8 Å². The van der Waals surface area contributed by atoms with Crippen LogP contribution in [0.2, 0.25) is 0 Å². The quantitative estimate of drug-likeness (QED) is 0.543. The number of carbonyl (C=O) groups excluding carboxylic acids is 3. The van der Waals surface area contributed by atoms with Crippen LogP contribution in [0.3, 0.4) is 0 Å².